The second kappa shape index (κ2) is 5.30. The zero-order valence-electron chi connectivity index (χ0n) is 7.76. The lowest BCUT2D eigenvalue weighted by molar-refractivity contribution is -0.123. The van der Waals surface area contributed by atoms with Crippen molar-refractivity contribution in [2.75, 3.05) is 0 Å². The normalized spacial score (nSPS) is 13.5. The van der Waals surface area contributed by atoms with Crippen molar-refractivity contribution < 1.29 is 4.79 Å². The first-order valence-electron chi connectivity index (χ1n) is 4.40. The van der Waals surface area contributed by atoms with Crippen molar-refractivity contribution in [3.8, 4) is 0 Å². The lowest BCUT2D eigenvalue weighted by Crippen LogP contribution is -2.24. The monoisotopic (exact) mass is 157 g/mol. The topological polar surface area (TPSA) is 43.1 Å². The van der Waals surface area contributed by atoms with E-state index >= 15 is 0 Å². The van der Waals surface area contributed by atoms with Gasteiger partial charge < -0.3 is 5.73 Å². The first kappa shape index (κ1) is 10.6. The van der Waals surface area contributed by atoms with Gasteiger partial charge in [0.1, 0.15) is 5.78 Å². The van der Waals surface area contributed by atoms with Crippen LogP contribution in [0.15, 0.2) is 0 Å². The molecule has 1 atom stereocenters. The molecular formula is C9H19NO. The molecule has 2 N–H and O–H groups in total. The van der Waals surface area contributed by atoms with E-state index in [0.717, 1.165) is 12.8 Å². The zero-order valence-corrected chi connectivity index (χ0v) is 7.76. The Hall–Kier alpha value is -0.370. The Kier molecular flexibility index (Phi) is 5.12. The number of rotatable bonds is 5. The first-order chi connectivity index (χ1) is 5.11. The van der Waals surface area contributed by atoms with Gasteiger partial charge in [-0.15, -0.1) is 0 Å². The molecule has 0 fully saturated rings. The zero-order chi connectivity index (χ0) is 8.85. The third-order valence-electron chi connectivity index (χ3n) is 1.96. The van der Waals surface area contributed by atoms with Crippen LogP contribution in [-0.4, -0.2) is 11.8 Å². The third kappa shape index (κ3) is 4.14. The van der Waals surface area contributed by atoms with E-state index in [4.69, 9.17) is 5.73 Å². The van der Waals surface area contributed by atoms with Crippen molar-refractivity contribution >= 4 is 5.78 Å². The summed E-state index contributed by atoms with van der Waals surface area (Å²) in [7, 11) is 0. The van der Waals surface area contributed by atoms with Crippen molar-refractivity contribution in [3.05, 3.63) is 0 Å². The molecule has 0 amide bonds. The number of ketones is 1. The summed E-state index contributed by atoms with van der Waals surface area (Å²) in [6.45, 7) is 5.97. The molecule has 2 nitrogen and oxygen atoms in total. The van der Waals surface area contributed by atoms with Crippen molar-refractivity contribution in [1.29, 1.82) is 0 Å². The van der Waals surface area contributed by atoms with Gasteiger partial charge in [0.2, 0.25) is 0 Å². The minimum Gasteiger partial charge on any atom is -0.328 e. The molecule has 0 radical (unpaired) electrons. The summed E-state index contributed by atoms with van der Waals surface area (Å²) in [5.41, 5.74) is 5.52. The Balaban J connectivity index is 3.79. The van der Waals surface area contributed by atoms with E-state index in [0.29, 0.717) is 12.2 Å². The highest BCUT2D eigenvalue weighted by Gasteiger charge is 2.14. The standard InChI is InChI=1S/C9H19NO/c1-4-8(5-2)9(11)6-7(3)10/h7-8H,4-6,10H2,1-3H3. The molecule has 0 saturated heterocycles. The van der Waals surface area contributed by atoms with Crippen LogP contribution in [0.5, 0.6) is 0 Å². The minimum absolute atomic E-state index is 0.0168. The SMILES string of the molecule is CCC(CC)C(=O)CC(C)N. The molecule has 1 unspecified atom stereocenters. The number of hydrogen-bond donors (Lipinski definition) is 1. The summed E-state index contributed by atoms with van der Waals surface area (Å²) < 4.78 is 0. The summed E-state index contributed by atoms with van der Waals surface area (Å²) in [6, 6.07) is 0.0168. The molecule has 0 spiro atoms. The summed E-state index contributed by atoms with van der Waals surface area (Å²) in [4.78, 5) is 11.3. The Morgan fingerprint density at radius 3 is 2.09 bits per heavy atom. The molecule has 11 heavy (non-hydrogen) atoms. The van der Waals surface area contributed by atoms with Crippen LogP contribution in [0, 0.1) is 5.92 Å². The molecule has 0 aromatic carbocycles. The number of carbonyl (C=O) groups excluding carboxylic acids is 1. The minimum atomic E-state index is 0.0168. The first-order valence-corrected chi connectivity index (χ1v) is 4.40. The lowest BCUT2D eigenvalue weighted by atomic mass is 9.94. The summed E-state index contributed by atoms with van der Waals surface area (Å²) in [6.07, 6.45) is 2.43. The summed E-state index contributed by atoms with van der Waals surface area (Å²) in [5.74, 6) is 0.561. The number of nitrogens with two attached hydrogens (primary N) is 1. The maximum Gasteiger partial charge on any atom is 0.137 e. The van der Waals surface area contributed by atoms with Gasteiger partial charge in [0.15, 0.2) is 0 Å². The second-order valence-electron chi connectivity index (χ2n) is 3.16. The molecule has 0 aliphatic rings. The fourth-order valence-corrected chi connectivity index (χ4v) is 1.23. The Bertz CT molecular complexity index is 117. The average molecular weight is 157 g/mol. The van der Waals surface area contributed by atoms with Crippen molar-refractivity contribution in [3.63, 3.8) is 0 Å². The number of Topliss-reactive ketones (excluding diaryl/α,β-unsaturated/α-hetero) is 1. The summed E-state index contributed by atoms with van der Waals surface area (Å²) in [5, 5.41) is 0. The largest absolute Gasteiger partial charge is 0.328 e. The van der Waals surface area contributed by atoms with Crippen molar-refractivity contribution in [2.24, 2.45) is 11.7 Å². The van der Waals surface area contributed by atoms with Crippen LogP contribution in [0.1, 0.15) is 40.0 Å². The molecule has 66 valence electrons. The molecule has 0 heterocycles. The van der Waals surface area contributed by atoms with E-state index < -0.39 is 0 Å². The predicted molar refractivity (Wildman–Crippen MR) is 47.3 cm³/mol. The molecule has 0 saturated carbocycles. The van der Waals surface area contributed by atoms with E-state index in [2.05, 4.69) is 0 Å². The van der Waals surface area contributed by atoms with Crippen LogP contribution in [0.3, 0.4) is 0 Å². The Labute approximate surface area is 69.2 Å². The molecule has 0 rings (SSSR count). The molecule has 2 heteroatoms. The Morgan fingerprint density at radius 2 is 1.82 bits per heavy atom. The molecule has 0 aromatic heterocycles. The fourth-order valence-electron chi connectivity index (χ4n) is 1.23. The van der Waals surface area contributed by atoms with Crippen LogP contribution in [-0.2, 0) is 4.79 Å². The van der Waals surface area contributed by atoms with Crippen LogP contribution >= 0.6 is 0 Å². The molecule has 0 aliphatic carbocycles. The van der Waals surface area contributed by atoms with Gasteiger partial charge in [-0.25, -0.2) is 0 Å². The predicted octanol–water partition coefficient (Wildman–Crippen LogP) is 1.73. The fraction of sp³-hybridized carbons (Fsp3) is 0.889. The van der Waals surface area contributed by atoms with Crippen LogP contribution in [0.2, 0.25) is 0 Å². The van der Waals surface area contributed by atoms with Crippen LogP contribution in [0.4, 0.5) is 0 Å². The van der Waals surface area contributed by atoms with Gasteiger partial charge in [0, 0.05) is 18.4 Å². The molecule has 0 aliphatic heterocycles. The third-order valence-corrected chi connectivity index (χ3v) is 1.96. The van der Waals surface area contributed by atoms with Gasteiger partial charge in [0.05, 0.1) is 0 Å². The smallest absolute Gasteiger partial charge is 0.137 e. The van der Waals surface area contributed by atoms with E-state index in [1.807, 2.05) is 20.8 Å². The van der Waals surface area contributed by atoms with Gasteiger partial charge in [-0.1, -0.05) is 13.8 Å². The van der Waals surface area contributed by atoms with Gasteiger partial charge in [-0.05, 0) is 19.8 Å². The van der Waals surface area contributed by atoms with Gasteiger partial charge in [-0.3, -0.25) is 4.79 Å². The quantitative estimate of drug-likeness (QED) is 0.660. The number of hydrogen-bond acceptors (Lipinski definition) is 2. The van der Waals surface area contributed by atoms with E-state index in [-0.39, 0.29) is 12.0 Å². The highest BCUT2D eigenvalue weighted by molar-refractivity contribution is 5.81. The highest BCUT2D eigenvalue weighted by Crippen LogP contribution is 2.11. The van der Waals surface area contributed by atoms with Gasteiger partial charge in [0.25, 0.3) is 0 Å². The van der Waals surface area contributed by atoms with Crippen LogP contribution < -0.4 is 5.73 Å². The highest BCUT2D eigenvalue weighted by atomic mass is 16.1. The van der Waals surface area contributed by atoms with E-state index in [1.165, 1.54) is 0 Å². The van der Waals surface area contributed by atoms with Crippen molar-refractivity contribution in [1.82, 2.24) is 0 Å². The molecular weight excluding hydrogens is 138 g/mol. The van der Waals surface area contributed by atoms with Crippen molar-refractivity contribution in [2.45, 2.75) is 46.1 Å². The lowest BCUT2D eigenvalue weighted by Gasteiger charge is -2.11. The molecule has 0 bridgehead atoms. The van der Waals surface area contributed by atoms with Crippen LogP contribution in [0.25, 0.3) is 0 Å². The number of carbonyl (C=O) groups is 1. The Morgan fingerprint density at radius 1 is 1.36 bits per heavy atom. The molecule has 0 aromatic rings. The average Bonchev–Trinajstić information content (AvgIpc) is 1.88. The second-order valence-corrected chi connectivity index (χ2v) is 3.16. The summed E-state index contributed by atoms with van der Waals surface area (Å²) >= 11 is 0. The van der Waals surface area contributed by atoms with Gasteiger partial charge >= 0.3 is 0 Å². The van der Waals surface area contributed by atoms with E-state index in [1.54, 1.807) is 0 Å². The maximum absolute atomic E-state index is 11.3. The maximum atomic E-state index is 11.3. The van der Waals surface area contributed by atoms with E-state index in [9.17, 15) is 4.79 Å². The van der Waals surface area contributed by atoms with Gasteiger partial charge in [-0.2, -0.15) is 0 Å².